The van der Waals surface area contributed by atoms with E-state index in [9.17, 15) is 4.79 Å². The van der Waals surface area contributed by atoms with Gasteiger partial charge in [-0.2, -0.15) is 0 Å². The van der Waals surface area contributed by atoms with Crippen molar-refractivity contribution in [3.63, 3.8) is 0 Å². The summed E-state index contributed by atoms with van der Waals surface area (Å²) in [5.74, 6) is 0.121. The summed E-state index contributed by atoms with van der Waals surface area (Å²) in [6, 6.07) is 0. The monoisotopic (exact) mass is 313 g/mol. The van der Waals surface area contributed by atoms with Crippen molar-refractivity contribution in [2.24, 2.45) is 5.41 Å². The minimum absolute atomic E-state index is 0.00978. The summed E-state index contributed by atoms with van der Waals surface area (Å²) in [6.07, 6.45) is 2.82. The van der Waals surface area contributed by atoms with Crippen LogP contribution in [0.5, 0.6) is 0 Å². The highest BCUT2D eigenvalue weighted by Gasteiger charge is 2.31. The number of carbonyl (C=O) groups is 1. The Morgan fingerprint density at radius 1 is 1.24 bits per heavy atom. The standard InChI is InChI=1S/C15H27N3O2S/c1-7-8-11-16-17-13(21-9-12(19)20)18(11)15(5,6)10-14(2,3)4/h7-10H2,1-6H3,(H,19,20). The third-order valence-electron chi connectivity index (χ3n) is 3.07. The van der Waals surface area contributed by atoms with E-state index in [0.29, 0.717) is 5.16 Å². The topological polar surface area (TPSA) is 68.0 Å². The minimum atomic E-state index is -0.833. The summed E-state index contributed by atoms with van der Waals surface area (Å²) in [5.41, 5.74) is 0.0269. The molecule has 5 nitrogen and oxygen atoms in total. The van der Waals surface area contributed by atoms with Gasteiger partial charge in [-0.1, -0.05) is 39.5 Å². The Bertz CT molecular complexity index is 490. The first kappa shape index (κ1) is 18.0. The van der Waals surface area contributed by atoms with Crippen molar-refractivity contribution in [1.82, 2.24) is 14.8 Å². The fourth-order valence-electron chi connectivity index (χ4n) is 2.89. The number of aryl methyl sites for hydroxylation is 1. The number of thioether (sulfide) groups is 1. The lowest BCUT2D eigenvalue weighted by Gasteiger charge is -2.35. The third kappa shape index (κ3) is 5.34. The molecule has 1 aromatic rings. The SMILES string of the molecule is CCCc1nnc(SCC(=O)O)n1C(C)(C)CC(C)(C)C. The Balaban J connectivity index is 3.15. The quantitative estimate of drug-likeness (QED) is 0.779. The fraction of sp³-hybridized carbons (Fsp3) is 0.800. The smallest absolute Gasteiger partial charge is 0.313 e. The largest absolute Gasteiger partial charge is 0.481 e. The van der Waals surface area contributed by atoms with Gasteiger partial charge in [-0.3, -0.25) is 4.79 Å². The molecule has 0 spiro atoms. The lowest BCUT2D eigenvalue weighted by atomic mass is 9.81. The maximum atomic E-state index is 10.8. The molecule has 0 atom stereocenters. The highest BCUT2D eigenvalue weighted by atomic mass is 32.2. The molecule has 0 bridgehead atoms. The molecule has 1 N–H and O–H groups in total. The van der Waals surface area contributed by atoms with Gasteiger partial charge < -0.3 is 9.67 Å². The molecule has 1 heterocycles. The second-order valence-electron chi connectivity index (χ2n) is 7.22. The van der Waals surface area contributed by atoms with Crippen LogP contribution in [0.1, 0.15) is 60.2 Å². The summed E-state index contributed by atoms with van der Waals surface area (Å²) in [6.45, 7) is 13.1. The molecule has 120 valence electrons. The summed E-state index contributed by atoms with van der Waals surface area (Å²) >= 11 is 1.24. The molecule has 1 aromatic heterocycles. The van der Waals surface area contributed by atoms with Crippen LogP contribution in [0.4, 0.5) is 0 Å². The molecule has 1 rings (SSSR count). The van der Waals surface area contributed by atoms with E-state index in [0.717, 1.165) is 25.1 Å². The van der Waals surface area contributed by atoms with Gasteiger partial charge in [0.1, 0.15) is 5.82 Å². The molecule has 0 amide bonds. The number of rotatable bonds is 7. The van der Waals surface area contributed by atoms with Crippen LogP contribution in [0.25, 0.3) is 0 Å². The Morgan fingerprint density at radius 3 is 2.33 bits per heavy atom. The molecule has 0 aliphatic carbocycles. The molecule has 0 aliphatic heterocycles. The van der Waals surface area contributed by atoms with Crippen LogP contribution in [0.2, 0.25) is 0 Å². The van der Waals surface area contributed by atoms with Gasteiger partial charge in [0.2, 0.25) is 0 Å². The van der Waals surface area contributed by atoms with Crippen LogP contribution in [-0.4, -0.2) is 31.6 Å². The van der Waals surface area contributed by atoms with E-state index in [1.54, 1.807) is 0 Å². The number of hydrogen-bond donors (Lipinski definition) is 1. The van der Waals surface area contributed by atoms with Crippen molar-refractivity contribution in [2.45, 2.75) is 71.5 Å². The first-order valence-electron chi connectivity index (χ1n) is 7.36. The number of carboxylic acids is 1. The van der Waals surface area contributed by atoms with Crippen molar-refractivity contribution in [2.75, 3.05) is 5.75 Å². The van der Waals surface area contributed by atoms with Crippen molar-refractivity contribution in [1.29, 1.82) is 0 Å². The third-order valence-corrected chi connectivity index (χ3v) is 3.98. The van der Waals surface area contributed by atoms with Crippen molar-refractivity contribution < 1.29 is 9.90 Å². The number of aliphatic carboxylic acids is 1. The zero-order valence-electron chi connectivity index (χ0n) is 13.9. The molecule has 0 radical (unpaired) electrons. The van der Waals surface area contributed by atoms with Gasteiger partial charge in [-0.05, 0) is 32.1 Å². The van der Waals surface area contributed by atoms with E-state index in [4.69, 9.17) is 5.11 Å². The zero-order chi connectivity index (χ0) is 16.3. The Kier molecular flexibility index (Phi) is 5.84. The predicted octanol–water partition coefficient (Wildman–Crippen LogP) is 3.58. The first-order valence-corrected chi connectivity index (χ1v) is 8.35. The molecule has 0 unspecified atom stereocenters. The van der Waals surface area contributed by atoms with Crippen molar-refractivity contribution >= 4 is 17.7 Å². The lowest BCUT2D eigenvalue weighted by molar-refractivity contribution is -0.133. The summed E-state index contributed by atoms with van der Waals surface area (Å²) < 4.78 is 2.13. The second-order valence-corrected chi connectivity index (χ2v) is 8.16. The Hall–Kier alpha value is -1.04. The highest BCUT2D eigenvalue weighted by Crippen LogP contribution is 2.35. The molecule has 0 saturated heterocycles. The van der Waals surface area contributed by atoms with E-state index in [2.05, 4.69) is 56.3 Å². The average Bonchev–Trinajstić information content (AvgIpc) is 2.67. The molecular formula is C15H27N3O2S. The van der Waals surface area contributed by atoms with E-state index in [1.165, 1.54) is 11.8 Å². The maximum absolute atomic E-state index is 10.8. The number of aromatic nitrogens is 3. The Labute approximate surface area is 131 Å². The van der Waals surface area contributed by atoms with Crippen LogP contribution in [0, 0.1) is 5.41 Å². The summed E-state index contributed by atoms with van der Waals surface area (Å²) in [7, 11) is 0. The van der Waals surface area contributed by atoms with E-state index < -0.39 is 5.97 Å². The first-order chi connectivity index (χ1) is 9.57. The zero-order valence-corrected chi connectivity index (χ0v) is 14.8. The molecule has 0 aromatic carbocycles. The van der Waals surface area contributed by atoms with Crippen LogP contribution in [0.15, 0.2) is 5.16 Å². The average molecular weight is 313 g/mol. The predicted molar refractivity (Wildman–Crippen MR) is 85.8 cm³/mol. The number of nitrogens with zero attached hydrogens (tertiary/aromatic N) is 3. The van der Waals surface area contributed by atoms with Gasteiger partial charge in [0.05, 0.1) is 5.75 Å². The van der Waals surface area contributed by atoms with Crippen molar-refractivity contribution in [3.8, 4) is 0 Å². The summed E-state index contributed by atoms with van der Waals surface area (Å²) in [5, 5.41) is 18.1. The van der Waals surface area contributed by atoms with Gasteiger partial charge in [-0.25, -0.2) is 0 Å². The lowest BCUT2D eigenvalue weighted by Crippen LogP contribution is -2.33. The number of hydrogen-bond acceptors (Lipinski definition) is 4. The molecule has 0 fully saturated rings. The molecule has 6 heteroatoms. The normalized spacial score (nSPS) is 12.7. The molecule has 0 aliphatic rings. The van der Waals surface area contributed by atoms with Gasteiger partial charge in [0, 0.05) is 12.0 Å². The number of carboxylic acid groups (broad SMARTS) is 1. The van der Waals surface area contributed by atoms with E-state index >= 15 is 0 Å². The molecule has 21 heavy (non-hydrogen) atoms. The second kappa shape index (κ2) is 6.81. The van der Waals surface area contributed by atoms with Crippen LogP contribution in [0.3, 0.4) is 0 Å². The minimum Gasteiger partial charge on any atom is -0.481 e. The van der Waals surface area contributed by atoms with Gasteiger partial charge in [0.15, 0.2) is 5.16 Å². The van der Waals surface area contributed by atoms with Crippen LogP contribution in [-0.2, 0) is 16.8 Å². The van der Waals surface area contributed by atoms with E-state index in [1.807, 2.05) is 0 Å². The molecule has 0 saturated carbocycles. The van der Waals surface area contributed by atoms with E-state index in [-0.39, 0.29) is 16.7 Å². The van der Waals surface area contributed by atoms with Crippen LogP contribution >= 0.6 is 11.8 Å². The summed E-state index contributed by atoms with van der Waals surface area (Å²) in [4.78, 5) is 10.8. The highest BCUT2D eigenvalue weighted by molar-refractivity contribution is 7.99. The fourth-order valence-corrected chi connectivity index (χ4v) is 3.72. The van der Waals surface area contributed by atoms with Gasteiger partial charge in [0.25, 0.3) is 0 Å². The maximum Gasteiger partial charge on any atom is 0.313 e. The Morgan fingerprint density at radius 2 is 1.86 bits per heavy atom. The van der Waals surface area contributed by atoms with Crippen LogP contribution < -0.4 is 0 Å². The van der Waals surface area contributed by atoms with Gasteiger partial charge >= 0.3 is 5.97 Å². The molecular weight excluding hydrogens is 286 g/mol. The van der Waals surface area contributed by atoms with Gasteiger partial charge in [-0.15, -0.1) is 10.2 Å². The van der Waals surface area contributed by atoms with Crippen molar-refractivity contribution in [3.05, 3.63) is 5.82 Å².